The minimum atomic E-state index is -0.661. The Labute approximate surface area is 66.4 Å². The van der Waals surface area contributed by atoms with Crippen LogP contribution in [0, 0.1) is 0 Å². The van der Waals surface area contributed by atoms with Crippen molar-refractivity contribution in [2.24, 2.45) is 0 Å². The summed E-state index contributed by atoms with van der Waals surface area (Å²) in [6, 6.07) is 0. The van der Waals surface area contributed by atoms with Crippen molar-refractivity contribution in [3.8, 4) is 0 Å². The van der Waals surface area contributed by atoms with Gasteiger partial charge in [0.25, 0.3) is 0 Å². The van der Waals surface area contributed by atoms with Crippen molar-refractivity contribution in [3.05, 3.63) is 24.3 Å². The molecule has 1 nitrogen and oxygen atoms in total. The van der Waals surface area contributed by atoms with Gasteiger partial charge in [0.1, 0.15) is 0 Å². The number of fused-ring (bicyclic) bond motifs is 2. The minimum Gasteiger partial charge on any atom is -0.247 e. The quantitative estimate of drug-likeness (QED) is 0.517. The van der Waals surface area contributed by atoms with Gasteiger partial charge in [-0.3, -0.25) is 0 Å². The molecule has 54 valence electrons. The van der Waals surface area contributed by atoms with Crippen molar-refractivity contribution in [2.45, 2.75) is 16.9 Å². The summed E-state index contributed by atoms with van der Waals surface area (Å²) >= 11 is 0. The second-order valence-corrected chi connectivity index (χ2v) is 5.93. The highest BCUT2D eigenvalue weighted by atomic mass is 33.1. The third-order valence-electron chi connectivity index (χ3n) is 1.69. The van der Waals surface area contributed by atoms with Crippen LogP contribution in [0.3, 0.4) is 0 Å². The normalized spacial score (nSPS) is 43.8. The Morgan fingerprint density at radius 3 is 3.10 bits per heavy atom. The van der Waals surface area contributed by atoms with Crippen molar-refractivity contribution < 1.29 is 4.21 Å². The lowest BCUT2D eigenvalue weighted by Gasteiger charge is -1.95. The maximum atomic E-state index is 11.2. The van der Waals surface area contributed by atoms with Crippen LogP contribution in [0.15, 0.2) is 24.3 Å². The van der Waals surface area contributed by atoms with Crippen LogP contribution in [0.4, 0.5) is 0 Å². The molecule has 1 heterocycles. The molecule has 1 fully saturated rings. The molecule has 1 saturated heterocycles. The van der Waals surface area contributed by atoms with Crippen LogP contribution < -0.4 is 0 Å². The highest BCUT2D eigenvalue weighted by Crippen LogP contribution is 2.36. The van der Waals surface area contributed by atoms with Crippen molar-refractivity contribution in [1.29, 1.82) is 0 Å². The summed E-state index contributed by atoms with van der Waals surface area (Å²) in [4.78, 5) is 0. The summed E-state index contributed by atoms with van der Waals surface area (Å²) in [5.41, 5.74) is 0. The molecule has 1 aliphatic heterocycles. The van der Waals surface area contributed by atoms with Crippen LogP contribution in [0.5, 0.6) is 0 Å². The van der Waals surface area contributed by atoms with Crippen LogP contribution in [0.2, 0.25) is 0 Å². The Hall–Kier alpha value is -0.0200. The lowest BCUT2D eigenvalue weighted by molar-refractivity contribution is 0.686. The first-order chi connectivity index (χ1) is 4.86. The standard InChI is InChI=1S/C7H8OS2/c8-10-7-4-2-1-3-6(5-7)9-10/h1-4,6-7H,5H2/t6-,7+,10?/m0/s1. The van der Waals surface area contributed by atoms with Gasteiger partial charge in [-0.2, -0.15) is 0 Å². The molecule has 10 heavy (non-hydrogen) atoms. The van der Waals surface area contributed by atoms with Gasteiger partial charge in [0.2, 0.25) is 0 Å². The fourth-order valence-electron chi connectivity index (χ4n) is 1.17. The molecule has 0 radical (unpaired) electrons. The maximum absolute atomic E-state index is 11.2. The zero-order valence-electron chi connectivity index (χ0n) is 5.40. The molecule has 0 saturated carbocycles. The molecule has 0 N–H and O–H groups in total. The summed E-state index contributed by atoms with van der Waals surface area (Å²) in [6.07, 6.45) is 9.29. The molecule has 0 aromatic rings. The van der Waals surface area contributed by atoms with Gasteiger partial charge in [-0.25, -0.2) is 4.21 Å². The highest BCUT2D eigenvalue weighted by Gasteiger charge is 2.29. The van der Waals surface area contributed by atoms with E-state index in [-0.39, 0.29) is 0 Å². The van der Waals surface area contributed by atoms with E-state index in [0.29, 0.717) is 10.5 Å². The molecule has 0 amide bonds. The van der Waals surface area contributed by atoms with E-state index in [1.807, 2.05) is 18.2 Å². The summed E-state index contributed by atoms with van der Waals surface area (Å²) < 4.78 is 11.2. The van der Waals surface area contributed by atoms with Gasteiger partial charge >= 0.3 is 0 Å². The van der Waals surface area contributed by atoms with E-state index < -0.39 is 9.83 Å². The van der Waals surface area contributed by atoms with E-state index in [2.05, 4.69) is 6.08 Å². The van der Waals surface area contributed by atoms with Gasteiger partial charge in [-0.05, 0) is 6.42 Å². The molecule has 2 bridgehead atoms. The predicted molar refractivity (Wildman–Crippen MR) is 46.2 cm³/mol. The number of hydrogen-bond acceptors (Lipinski definition) is 2. The Morgan fingerprint density at radius 2 is 2.20 bits per heavy atom. The fourth-order valence-corrected chi connectivity index (χ4v) is 4.72. The molecule has 3 atom stereocenters. The molecular formula is C7H8OS2. The third-order valence-corrected chi connectivity index (χ3v) is 5.38. The molecule has 1 unspecified atom stereocenters. The van der Waals surface area contributed by atoms with E-state index in [1.165, 1.54) is 0 Å². The van der Waals surface area contributed by atoms with Gasteiger partial charge < -0.3 is 0 Å². The van der Waals surface area contributed by atoms with Gasteiger partial charge in [0.05, 0.1) is 15.1 Å². The van der Waals surface area contributed by atoms with Crippen LogP contribution in [-0.4, -0.2) is 14.7 Å². The average Bonchev–Trinajstić information content (AvgIpc) is 2.18. The molecule has 0 aromatic heterocycles. The zero-order valence-corrected chi connectivity index (χ0v) is 7.03. The second kappa shape index (κ2) is 2.55. The molecule has 2 rings (SSSR count). The molecule has 3 heteroatoms. The van der Waals surface area contributed by atoms with Crippen molar-refractivity contribution in [3.63, 3.8) is 0 Å². The van der Waals surface area contributed by atoms with E-state index >= 15 is 0 Å². The van der Waals surface area contributed by atoms with Crippen LogP contribution in [0.1, 0.15) is 6.42 Å². The topological polar surface area (TPSA) is 17.1 Å². The molecule has 0 aromatic carbocycles. The van der Waals surface area contributed by atoms with E-state index in [4.69, 9.17) is 0 Å². The number of allylic oxidation sites excluding steroid dienone is 2. The SMILES string of the molecule is O=S1S[C@H]2C=CC=C[C@@H]1C2. The van der Waals surface area contributed by atoms with Gasteiger partial charge in [-0.15, -0.1) is 0 Å². The largest absolute Gasteiger partial charge is 0.247 e. The predicted octanol–water partition coefficient (Wildman–Crippen LogP) is 1.65. The second-order valence-electron chi connectivity index (χ2n) is 2.44. The lowest BCUT2D eigenvalue weighted by Crippen LogP contribution is -2.01. The molecule has 0 spiro atoms. The summed E-state index contributed by atoms with van der Waals surface area (Å²) in [6.45, 7) is 0. The first-order valence-corrected chi connectivity index (χ1v) is 5.90. The first kappa shape index (κ1) is 6.68. The van der Waals surface area contributed by atoms with Gasteiger partial charge in [-0.1, -0.05) is 35.1 Å². The van der Waals surface area contributed by atoms with Crippen molar-refractivity contribution >= 4 is 20.6 Å². The highest BCUT2D eigenvalue weighted by molar-refractivity contribution is 8.70. The molecule has 2 aliphatic rings. The number of rotatable bonds is 0. The van der Waals surface area contributed by atoms with Crippen molar-refractivity contribution in [2.75, 3.05) is 0 Å². The smallest absolute Gasteiger partial charge is 0.0880 e. The monoisotopic (exact) mass is 172 g/mol. The molecule has 1 aliphatic carbocycles. The molecular weight excluding hydrogens is 164 g/mol. The summed E-state index contributed by atoms with van der Waals surface area (Å²) in [5.74, 6) is 0. The summed E-state index contributed by atoms with van der Waals surface area (Å²) in [7, 11) is 0.923. The average molecular weight is 172 g/mol. The van der Waals surface area contributed by atoms with Crippen molar-refractivity contribution in [1.82, 2.24) is 0 Å². The Balaban J connectivity index is 2.29. The third kappa shape index (κ3) is 1.08. The van der Waals surface area contributed by atoms with E-state index in [9.17, 15) is 4.21 Å². The first-order valence-electron chi connectivity index (χ1n) is 3.29. The summed E-state index contributed by atoms with van der Waals surface area (Å²) in [5, 5.41) is 0.811. The van der Waals surface area contributed by atoms with Gasteiger partial charge in [0, 0.05) is 5.25 Å². The zero-order chi connectivity index (χ0) is 6.97. The van der Waals surface area contributed by atoms with E-state index in [1.54, 1.807) is 10.8 Å². The Bertz CT molecular complexity index is 220. The Kier molecular flexibility index (Phi) is 1.70. The fraction of sp³-hybridized carbons (Fsp3) is 0.429. The number of hydrogen-bond donors (Lipinski definition) is 0. The van der Waals surface area contributed by atoms with Crippen LogP contribution in [0.25, 0.3) is 0 Å². The van der Waals surface area contributed by atoms with Crippen LogP contribution >= 0.6 is 10.8 Å². The van der Waals surface area contributed by atoms with E-state index in [0.717, 1.165) is 6.42 Å². The Morgan fingerprint density at radius 1 is 1.40 bits per heavy atom. The maximum Gasteiger partial charge on any atom is 0.0880 e. The lowest BCUT2D eigenvalue weighted by atomic mass is 10.2. The minimum absolute atomic E-state index is 0.310. The van der Waals surface area contributed by atoms with Crippen LogP contribution in [-0.2, 0) is 9.83 Å². The van der Waals surface area contributed by atoms with Gasteiger partial charge in [0.15, 0.2) is 0 Å².